The summed E-state index contributed by atoms with van der Waals surface area (Å²) in [7, 11) is 0. The summed E-state index contributed by atoms with van der Waals surface area (Å²) in [6.07, 6.45) is 3.00. The van der Waals surface area contributed by atoms with Crippen LogP contribution < -0.4 is 16.4 Å². The molecule has 3 amide bonds. The molecule has 5 nitrogen and oxygen atoms in total. The Morgan fingerprint density at radius 2 is 1.95 bits per heavy atom. The Labute approximate surface area is 123 Å². The van der Waals surface area contributed by atoms with E-state index in [1.807, 2.05) is 0 Å². The van der Waals surface area contributed by atoms with Crippen LogP contribution in [0, 0.1) is 5.82 Å². The van der Waals surface area contributed by atoms with E-state index in [-0.39, 0.29) is 17.1 Å². The van der Waals surface area contributed by atoms with Gasteiger partial charge in [-0.25, -0.2) is 9.18 Å². The van der Waals surface area contributed by atoms with Gasteiger partial charge in [0.25, 0.3) is 0 Å². The molecule has 0 spiro atoms. The molecule has 1 aliphatic rings. The summed E-state index contributed by atoms with van der Waals surface area (Å²) in [5, 5.41) is 5.18. The van der Waals surface area contributed by atoms with E-state index in [0.717, 1.165) is 24.8 Å². The number of halogens is 1. The summed E-state index contributed by atoms with van der Waals surface area (Å²) < 4.78 is 13.0. The predicted octanol–water partition coefficient (Wildman–Crippen LogP) is 1.42. The molecule has 0 heterocycles. The lowest BCUT2D eigenvalue weighted by atomic mass is 9.64. The highest BCUT2D eigenvalue weighted by atomic mass is 19.1. The number of hydrogen-bond donors (Lipinski definition) is 3. The highest BCUT2D eigenvalue weighted by Gasteiger charge is 2.39. The van der Waals surface area contributed by atoms with Gasteiger partial charge in [-0.2, -0.15) is 0 Å². The van der Waals surface area contributed by atoms with Crippen LogP contribution in [0.25, 0.3) is 0 Å². The standard InChI is InChI=1S/C15H20FN3O2/c1-10(19-14(17)21)13(20)18-9-15(7-2-8-15)11-3-5-12(16)6-4-11/h3-6,10H,2,7-9H2,1H3,(H,18,20)(H3,17,19,21)/t10-/m1/s1. The monoisotopic (exact) mass is 293 g/mol. The van der Waals surface area contributed by atoms with E-state index in [1.54, 1.807) is 19.1 Å². The molecule has 0 saturated heterocycles. The molecule has 0 aromatic heterocycles. The minimum atomic E-state index is -0.727. The Kier molecular flexibility index (Phi) is 4.45. The van der Waals surface area contributed by atoms with E-state index in [0.29, 0.717) is 6.54 Å². The Bertz CT molecular complexity index is 526. The second kappa shape index (κ2) is 6.11. The van der Waals surface area contributed by atoms with Crippen molar-refractivity contribution >= 4 is 11.9 Å². The van der Waals surface area contributed by atoms with E-state index in [9.17, 15) is 14.0 Å². The van der Waals surface area contributed by atoms with Crippen molar-refractivity contribution in [1.29, 1.82) is 0 Å². The maximum Gasteiger partial charge on any atom is 0.312 e. The van der Waals surface area contributed by atoms with Crippen LogP contribution in [0.1, 0.15) is 31.7 Å². The van der Waals surface area contributed by atoms with Gasteiger partial charge in [0.05, 0.1) is 0 Å². The molecule has 114 valence electrons. The molecule has 1 aliphatic carbocycles. The highest BCUT2D eigenvalue weighted by molar-refractivity contribution is 5.86. The third kappa shape index (κ3) is 3.51. The van der Waals surface area contributed by atoms with Crippen molar-refractivity contribution in [3.63, 3.8) is 0 Å². The van der Waals surface area contributed by atoms with Crippen molar-refractivity contribution < 1.29 is 14.0 Å². The predicted molar refractivity (Wildman–Crippen MR) is 77.1 cm³/mol. The second-order valence-corrected chi connectivity index (χ2v) is 5.59. The van der Waals surface area contributed by atoms with Crippen LogP contribution in [0.5, 0.6) is 0 Å². The molecule has 0 aliphatic heterocycles. The first-order valence-corrected chi connectivity index (χ1v) is 7.03. The van der Waals surface area contributed by atoms with Crippen molar-refractivity contribution in [2.24, 2.45) is 5.73 Å². The Balaban J connectivity index is 1.98. The fraction of sp³-hybridized carbons (Fsp3) is 0.467. The molecular formula is C15H20FN3O2. The van der Waals surface area contributed by atoms with Crippen molar-refractivity contribution in [1.82, 2.24) is 10.6 Å². The molecule has 2 rings (SSSR count). The normalized spacial score (nSPS) is 17.4. The number of amides is 3. The number of primary amides is 1. The number of hydrogen-bond acceptors (Lipinski definition) is 2. The number of benzene rings is 1. The van der Waals surface area contributed by atoms with E-state index in [2.05, 4.69) is 10.6 Å². The summed E-state index contributed by atoms with van der Waals surface area (Å²) in [6.45, 7) is 2.05. The number of nitrogens with one attached hydrogen (secondary N) is 2. The summed E-state index contributed by atoms with van der Waals surface area (Å²) >= 11 is 0. The van der Waals surface area contributed by atoms with Gasteiger partial charge in [0.15, 0.2) is 0 Å². The molecule has 1 atom stereocenters. The molecular weight excluding hydrogens is 273 g/mol. The van der Waals surface area contributed by atoms with Gasteiger partial charge in [0.2, 0.25) is 5.91 Å². The largest absolute Gasteiger partial charge is 0.353 e. The van der Waals surface area contributed by atoms with Crippen LogP contribution in [0.4, 0.5) is 9.18 Å². The first-order valence-electron chi connectivity index (χ1n) is 7.03. The van der Waals surface area contributed by atoms with Crippen LogP contribution >= 0.6 is 0 Å². The fourth-order valence-electron chi connectivity index (χ4n) is 2.66. The maximum absolute atomic E-state index is 13.0. The summed E-state index contributed by atoms with van der Waals surface area (Å²) in [4.78, 5) is 22.6. The summed E-state index contributed by atoms with van der Waals surface area (Å²) in [6, 6.07) is 5.02. The van der Waals surface area contributed by atoms with Gasteiger partial charge in [-0.3, -0.25) is 4.79 Å². The minimum absolute atomic E-state index is 0.129. The Morgan fingerprint density at radius 1 is 1.33 bits per heavy atom. The lowest BCUT2D eigenvalue weighted by molar-refractivity contribution is -0.123. The van der Waals surface area contributed by atoms with Crippen LogP contribution in [-0.4, -0.2) is 24.5 Å². The average molecular weight is 293 g/mol. The van der Waals surface area contributed by atoms with Gasteiger partial charge in [-0.05, 0) is 37.5 Å². The first-order chi connectivity index (χ1) is 9.93. The number of carbonyl (C=O) groups is 2. The molecule has 6 heteroatoms. The quantitative estimate of drug-likeness (QED) is 0.767. The molecule has 0 radical (unpaired) electrons. The number of urea groups is 1. The van der Waals surface area contributed by atoms with Crippen molar-refractivity contribution in [2.75, 3.05) is 6.54 Å². The zero-order valence-corrected chi connectivity index (χ0v) is 12.0. The molecule has 1 aromatic carbocycles. The van der Waals surface area contributed by atoms with Gasteiger partial charge < -0.3 is 16.4 Å². The van der Waals surface area contributed by atoms with E-state index in [1.165, 1.54) is 12.1 Å². The van der Waals surface area contributed by atoms with Gasteiger partial charge >= 0.3 is 6.03 Å². The van der Waals surface area contributed by atoms with E-state index in [4.69, 9.17) is 5.73 Å². The molecule has 21 heavy (non-hydrogen) atoms. The Hall–Kier alpha value is -2.11. The zero-order valence-electron chi connectivity index (χ0n) is 12.0. The third-order valence-electron chi connectivity index (χ3n) is 4.12. The Morgan fingerprint density at radius 3 is 2.43 bits per heavy atom. The number of rotatable bonds is 5. The number of carbonyl (C=O) groups excluding carboxylic acids is 2. The molecule has 4 N–H and O–H groups in total. The van der Waals surface area contributed by atoms with Crippen molar-refractivity contribution in [3.05, 3.63) is 35.6 Å². The van der Waals surface area contributed by atoms with Crippen LogP contribution in [0.3, 0.4) is 0 Å². The molecule has 1 saturated carbocycles. The summed E-state index contributed by atoms with van der Waals surface area (Å²) in [5.41, 5.74) is 5.89. The first kappa shape index (κ1) is 15.3. The molecule has 1 aromatic rings. The van der Waals surface area contributed by atoms with Gasteiger partial charge in [0, 0.05) is 12.0 Å². The van der Waals surface area contributed by atoms with Crippen LogP contribution in [-0.2, 0) is 10.2 Å². The fourth-order valence-corrected chi connectivity index (χ4v) is 2.66. The van der Waals surface area contributed by atoms with Crippen LogP contribution in [0.2, 0.25) is 0 Å². The third-order valence-corrected chi connectivity index (χ3v) is 4.12. The maximum atomic E-state index is 13.0. The van der Waals surface area contributed by atoms with Crippen LogP contribution in [0.15, 0.2) is 24.3 Å². The molecule has 1 fully saturated rings. The van der Waals surface area contributed by atoms with Gasteiger partial charge in [0.1, 0.15) is 11.9 Å². The lowest BCUT2D eigenvalue weighted by Gasteiger charge is -2.42. The SMILES string of the molecule is C[C@@H](NC(N)=O)C(=O)NCC1(c2ccc(F)cc2)CCC1. The van der Waals surface area contributed by atoms with Crippen molar-refractivity contribution in [3.8, 4) is 0 Å². The average Bonchev–Trinajstić information content (AvgIpc) is 2.38. The summed E-state index contributed by atoms with van der Waals surface area (Å²) in [5.74, 6) is -0.543. The van der Waals surface area contributed by atoms with E-state index < -0.39 is 12.1 Å². The highest BCUT2D eigenvalue weighted by Crippen LogP contribution is 2.43. The molecule has 0 bridgehead atoms. The lowest BCUT2D eigenvalue weighted by Crippen LogP contribution is -2.51. The van der Waals surface area contributed by atoms with Crippen molar-refractivity contribution in [2.45, 2.75) is 37.6 Å². The minimum Gasteiger partial charge on any atom is -0.353 e. The van der Waals surface area contributed by atoms with Gasteiger partial charge in [-0.15, -0.1) is 0 Å². The van der Waals surface area contributed by atoms with E-state index >= 15 is 0 Å². The smallest absolute Gasteiger partial charge is 0.312 e. The number of nitrogens with two attached hydrogens (primary N) is 1. The topological polar surface area (TPSA) is 84.2 Å². The zero-order chi connectivity index (χ0) is 15.5. The molecule has 0 unspecified atom stereocenters. The van der Waals surface area contributed by atoms with Gasteiger partial charge in [-0.1, -0.05) is 18.6 Å². The second-order valence-electron chi connectivity index (χ2n) is 5.59.